The lowest BCUT2D eigenvalue weighted by atomic mass is 10.0. The number of carbonyl (C=O) groups is 1. The van der Waals surface area contributed by atoms with Gasteiger partial charge in [-0.15, -0.1) is 0 Å². The highest BCUT2D eigenvalue weighted by Crippen LogP contribution is 2.30. The van der Waals surface area contributed by atoms with Gasteiger partial charge in [0.2, 0.25) is 0 Å². The van der Waals surface area contributed by atoms with Gasteiger partial charge in [0, 0.05) is 0 Å². The molecule has 0 saturated carbocycles. The second kappa shape index (κ2) is 5.46. The second-order valence-corrected chi connectivity index (χ2v) is 5.00. The van der Waals surface area contributed by atoms with Crippen molar-refractivity contribution in [3.8, 4) is 16.9 Å². The van der Waals surface area contributed by atoms with Crippen molar-refractivity contribution in [2.45, 2.75) is 0 Å². The topological polar surface area (TPSA) is 113 Å². The highest BCUT2D eigenvalue weighted by molar-refractivity contribution is 7.43. The third-order valence-electron chi connectivity index (χ3n) is 2.53. The van der Waals surface area contributed by atoms with Crippen LogP contribution in [0.2, 0.25) is 0 Å². The Morgan fingerprint density at radius 3 is 1.75 bits per heavy atom. The molecule has 0 aliphatic rings. The Kier molecular flexibility index (Phi) is 3.90. The maximum absolute atomic E-state index is 10.6. The van der Waals surface area contributed by atoms with Gasteiger partial charge >= 0.3 is 0 Å². The van der Waals surface area contributed by atoms with Crippen molar-refractivity contribution in [3.63, 3.8) is 0 Å². The van der Waals surface area contributed by atoms with Crippen molar-refractivity contribution >= 4 is 13.8 Å². The number of phosphoric acid groups is 1. The molecule has 2 aromatic carbocycles. The molecule has 6 nitrogen and oxygen atoms in total. The molecule has 20 heavy (non-hydrogen) atoms. The van der Waals surface area contributed by atoms with Crippen molar-refractivity contribution in [2.24, 2.45) is 0 Å². The van der Waals surface area contributed by atoms with Crippen LogP contribution in [0, 0.1) is 0 Å². The first kappa shape index (κ1) is 14.3. The molecule has 0 saturated heterocycles. The molecule has 2 aromatic rings. The molecule has 0 spiro atoms. The number of hydrogen-bond donors (Lipinski definition) is 0. The highest BCUT2D eigenvalue weighted by Gasteiger charge is 2.01. The number of carboxylic acids is 1. The quantitative estimate of drug-likeness (QED) is 0.728. The van der Waals surface area contributed by atoms with E-state index in [2.05, 4.69) is 4.52 Å². The summed E-state index contributed by atoms with van der Waals surface area (Å²) in [6.07, 6.45) is 0. The number of hydrogen-bond acceptors (Lipinski definition) is 6. The predicted octanol–water partition coefficient (Wildman–Crippen LogP) is -0.0754. The molecule has 0 aromatic heterocycles. The maximum atomic E-state index is 10.6. The maximum Gasteiger partial charge on any atom is 0.124 e. The lowest BCUT2D eigenvalue weighted by Crippen LogP contribution is -2.21. The fraction of sp³-hybridized carbons (Fsp3) is 0. The number of carbonyl (C=O) groups excluding carboxylic acids is 1. The molecule has 104 valence electrons. The molecular weight excluding hydrogens is 283 g/mol. The Bertz CT molecular complexity index is 656. The summed E-state index contributed by atoms with van der Waals surface area (Å²) in [7, 11) is -5.06. The van der Waals surface area contributed by atoms with Crippen LogP contribution >= 0.6 is 7.82 Å². The van der Waals surface area contributed by atoms with Gasteiger partial charge in [0.25, 0.3) is 0 Å². The Balaban J connectivity index is 2.21. The first-order chi connectivity index (χ1) is 9.35. The van der Waals surface area contributed by atoms with E-state index in [9.17, 15) is 24.3 Å². The summed E-state index contributed by atoms with van der Waals surface area (Å²) in [6, 6.07) is 11.8. The summed E-state index contributed by atoms with van der Waals surface area (Å²) in [5.74, 6) is -1.34. The van der Waals surface area contributed by atoms with Gasteiger partial charge in [-0.2, -0.15) is 0 Å². The fourth-order valence-corrected chi connectivity index (χ4v) is 2.02. The van der Waals surface area contributed by atoms with E-state index in [1.807, 2.05) is 0 Å². The largest absolute Gasteiger partial charge is 0.780 e. The van der Waals surface area contributed by atoms with E-state index in [1.165, 1.54) is 24.3 Å². The molecule has 0 N–H and O–H groups in total. The molecule has 7 heteroatoms. The van der Waals surface area contributed by atoms with Crippen LogP contribution in [0.4, 0.5) is 0 Å². The van der Waals surface area contributed by atoms with Crippen LogP contribution in [0.1, 0.15) is 10.4 Å². The first-order valence-electron chi connectivity index (χ1n) is 5.49. The third kappa shape index (κ3) is 3.68. The van der Waals surface area contributed by atoms with Gasteiger partial charge < -0.3 is 28.8 Å². The van der Waals surface area contributed by atoms with Crippen molar-refractivity contribution in [1.29, 1.82) is 0 Å². The van der Waals surface area contributed by atoms with Crippen molar-refractivity contribution in [3.05, 3.63) is 54.1 Å². The smallest absolute Gasteiger partial charge is 0.124 e. The monoisotopic (exact) mass is 291 g/mol. The van der Waals surface area contributed by atoms with Gasteiger partial charge in [0.05, 0.1) is 5.97 Å². The number of benzene rings is 2. The minimum Gasteiger partial charge on any atom is -0.780 e. The Labute approximate surface area is 114 Å². The van der Waals surface area contributed by atoms with E-state index in [4.69, 9.17) is 0 Å². The first-order valence-corrected chi connectivity index (χ1v) is 6.95. The van der Waals surface area contributed by atoms with Gasteiger partial charge in [0.1, 0.15) is 13.6 Å². The third-order valence-corrected chi connectivity index (χ3v) is 2.96. The van der Waals surface area contributed by atoms with E-state index in [0.29, 0.717) is 5.56 Å². The summed E-state index contributed by atoms with van der Waals surface area (Å²) >= 11 is 0. The Morgan fingerprint density at radius 1 is 0.900 bits per heavy atom. The average Bonchev–Trinajstić information content (AvgIpc) is 2.38. The molecule has 2 rings (SSSR count). The fourth-order valence-electron chi connectivity index (χ4n) is 1.64. The molecule has 0 aliphatic carbocycles. The molecule has 0 heterocycles. The van der Waals surface area contributed by atoms with E-state index in [1.54, 1.807) is 24.3 Å². The number of carboxylic acid groups (broad SMARTS) is 1. The van der Waals surface area contributed by atoms with E-state index in [0.717, 1.165) is 5.56 Å². The Hall–Kier alpha value is -2.14. The van der Waals surface area contributed by atoms with Crippen molar-refractivity contribution in [2.75, 3.05) is 0 Å². The molecule has 0 fully saturated rings. The summed E-state index contributed by atoms with van der Waals surface area (Å²) in [4.78, 5) is 31.5. The average molecular weight is 291 g/mol. The van der Waals surface area contributed by atoms with Gasteiger partial charge in [-0.25, -0.2) is 0 Å². The van der Waals surface area contributed by atoms with Crippen LogP contribution < -0.4 is 19.4 Å². The van der Waals surface area contributed by atoms with Crippen LogP contribution in [0.3, 0.4) is 0 Å². The van der Waals surface area contributed by atoms with Gasteiger partial charge in [-0.3, -0.25) is 0 Å². The molecule has 0 bridgehead atoms. The second-order valence-electron chi connectivity index (χ2n) is 3.93. The van der Waals surface area contributed by atoms with E-state index >= 15 is 0 Å². The summed E-state index contributed by atoms with van der Waals surface area (Å²) in [6.45, 7) is 0. The van der Waals surface area contributed by atoms with Gasteiger partial charge in [0.15, 0.2) is 0 Å². The van der Waals surface area contributed by atoms with Crippen LogP contribution in [0.15, 0.2) is 48.5 Å². The number of rotatable bonds is 4. The van der Waals surface area contributed by atoms with Gasteiger partial charge in [-0.05, 0) is 28.8 Å². The molecule has 0 amide bonds. The molecule has 0 radical (unpaired) electrons. The minimum atomic E-state index is -5.06. The minimum absolute atomic E-state index is 0.0624. The molecular formula is C13H8O6P-3. The lowest BCUT2D eigenvalue weighted by Gasteiger charge is -2.28. The number of phosphoric ester groups is 1. The van der Waals surface area contributed by atoms with E-state index < -0.39 is 13.8 Å². The summed E-state index contributed by atoms with van der Waals surface area (Å²) < 4.78 is 14.6. The van der Waals surface area contributed by atoms with Crippen molar-refractivity contribution in [1.82, 2.24) is 0 Å². The normalized spacial score (nSPS) is 11.1. The zero-order valence-electron chi connectivity index (χ0n) is 10.0. The lowest BCUT2D eigenvalue weighted by molar-refractivity contribution is -0.333. The summed E-state index contributed by atoms with van der Waals surface area (Å²) in [5, 5.41) is 10.6. The zero-order chi connectivity index (χ0) is 14.8. The molecule has 0 aliphatic heterocycles. The Morgan fingerprint density at radius 2 is 1.35 bits per heavy atom. The standard InChI is InChI=1S/C13H11O6P/c14-13(15)11-3-1-9(2-4-11)10-5-7-12(8-6-10)19-20(16,17)18/h1-8H,(H,14,15)(H2,16,17,18)/p-3. The summed E-state index contributed by atoms with van der Waals surface area (Å²) in [5.41, 5.74) is 1.51. The van der Waals surface area contributed by atoms with E-state index in [-0.39, 0.29) is 11.3 Å². The van der Waals surface area contributed by atoms with Crippen LogP contribution in [-0.2, 0) is 4.57 Å². The molecule has 0 unspecified atom stereocenters. The zero-order valence-corrected chi connectivity index (χ0v) is 10.9. The van der Waals surface area contributed by atoms with Gasteiger partial charge in [-0.1, -0.05) is 36.4 Å². The van der Waals surface area contributed by atoms with Crippen LogP contribution in [0.5, 0.6) is 5.75 Å². The predicted molar refractivity (Wildman–Crippen MR) is 64.4 cm³/mol. The van der Waals surface area contributed by atoms with Crippen molar-refractivity contribution < 1.29 is 28.8 Å². The number of aromatic carboxylic acids is 1. The van der Waals surface area contributed by atoms with Crippen LogP contribution in [0.25, 0.3) is 11.1 Å². The molecule has 0 atom stereocenters. The SMILES string of the molecule is O=C([O-])c1ccc(-c2ccc(OP(=O)([O-])[O-])cc2)cc1. The highest BCUT2D eigenvalue weighted by atomic mass is 31.2. The van der Waals surface area contributed by atoms with Crippen LogP contribution in [-0.4, -0.2) is 5.97 Å².